The van der Waals surface area contributed by atoms with E-state index >= 15 is 0 Å². The van der Waals surface area contributed by atoms with Gasteiger partial charge in [0.2, 0.25) is 0 Å². The minimum Gasteiger partial charge on any atom is -0.469 e. The predicted octanol–water partition coefficient (Wildman–Crippen LogP) is 1.02. The van der Waals surface area contributed by atoms with Crippen LogP contribution in [0.5, 0.6) is 0 Å². The zero-order valence-corrected chi connectivity index (χ0v) is 12.5. The summed E-state index contributed by atoms with van der Waals surface area (Å²) >= 11 is 0. The Labute approximate surface area is 123 Å². The monoisotopic (exact) mass is 308 g/mol. The molecule has 0 saturated carbocycles. The summed E-state index contributed by atoms with van der Waals surface area (Å²) in [6, 6.07) is 6.78. The van der Waals surface area contributed by atoms with Crippen LogP contribution >= 0.6 is 0 Å². The normalized spacial score (nSPS) is 23.4. The zero-order valence-electron chi connectivity index (χ0n) is 11.7. The van der Waals surface area contributed by atoms with E-state index in [1.54, 1.807) is 24.3 Å². The molecular weight excluding hydrogens is 292 g/mol. The van der Waals surface area contributed by atoms with E-state index in [0.717, 1.165) is 12.8 Å². The van der Waals surface area contributed by atoms with Gasteiger partial charge in [0.15, 0.2) is 5.84 Å². The Balaban J connectivity index is 1.93. The van der Waals surface area contributed by atoms with Gasteiger partial charge in [-0.05, 0) is 25.0 Å². The second-order valence-electron chi connectivity index (χ2n) is 5.19. The minimum absolute atomic E-state index is 0.234. The van der Waals surface area contributed by atoms with Crippen LogP contribution in [0, 0.1) is 5.92 Å². The van der Waals surface area contributed by atoms with Gasteiger partial charge in [0.25, 0.3) is 10.0 Å². The predicted molar refractivity (Wildman–Crippen MR) is 76.5 cm³/mol. The average Bonchev–Trinajstić information content (AvgIpc) is 2.79. The molecule has 6 nitrogen and oxygen atoms in total. The fraction of sp³-hybridized carbons (Fsp3) is 0.429. The molecule has 0 radical (unpaired) electrons. The second kappa shape index (κ2) is 5.14. The van der Waals surface area contributed by atoms with E-state index in [1.807, 2.05) is 4.90 Å². The first-order valence-corrected chi connectivity index (χ1v) is 8.24. The van der Waals surface area contributed by atoms with E-state index in [0.29, 0.717) is 24.5 Å². The lowest BCUT2D eigenvalue weighted by Crippen LogP contribution is -2.42. The number of rotatable bonds is 1. The first-order chi connectivity index (χ1) is 10.0. The van der Waals surface area contributed by atoms with Gasteiger partial charge in [0.1, 0.15) is 4.90 Å². The molecule has 0 bridgehead atoms. The summed E-state index contributed by atoms with van der Waals surface area (Å²) in [6.45, 7) is 1.13. The van der Waals surface area contributed by atoms with Crippen LogP contribution in [0.3, 0.4) is 0 Å². The average molecular weight is 308 g/mol. The molecule has 1 aromatic rings. The topological polar surface area (TPSA) is 76.0 Å². The summed E-state index contributed by atoms with van der Waals surface area (Å²) < 4.78 is 32.8. The molecule has 21 heavy (non-hydrogen) atoms. The summed E-state index contributed by atoms with van der Waals surface area (Å²) in [7, 11) is -2.25. The molecule has 7 heteroatoms. The third-order valence-electron chi connectivity index (χ3n) is 3.87. The third kappa shape index (κ3) is 2.42. The number of benzene rings is 1. The molecule has 0 aromatic heterocycles. The lowest BCUT2D eigenvalue weighted by molar-refractivity contribution is -0.146. The van der Waals surface area contributed by atoms with Gasteiger partial charge in [-0.15, -0.1) is 4.40 Å². The summed E-state index contributed by atoms with van der Waals surface area (Å²) in [4.78, 5) is 13.8. The number of ether oxygens (including phenoxy) is 1. The minimum atomic E-state index is -3.62. The summed E-state index contributed by atoms with van der Waals surface area (Å²) in [5, 5.41) is 0. The van der Waals surface area contributed by atoms with Crippen LogP contribution < -0.4 is 0 Å². The lowest BCUT2D eigenvalue weighted by Gasteiger charge is -2.32. The highest BCUT2D eigenvalue weighted by Crippen LogP contribution is 2.29. The Hall–Kier alpha value is -1.89. The molecule has 2 aliphatic rings. The van der Waals surface area contributed by atoms with Crippen molar-refractivity contribution < 1.29 is 17.9 Å². The first-order valence-electron chi connectivity index (χ1n) is 6.80. The van der Waals surface area contributed by atoms with Crippen molar-refractivity contribution in [2.75, 3.05) is 20.2 Å². The van der Waals surface area contributed by atoms with Crippen molar-refractivity contribution in [2.45, 2.75) is 17.7 Å². The maximum absolute atomic E-state index is 12.1. The van der Waals surface area contributed by atoms with Gasteiger partial charge in [0, 0.05) is 18.7 Å². The van der Waals surface area contributed by atoms with Gasteiger partial charge in [-0.1, -0.05) is 12.1 Å². The Morgan fingerprint density at radius 3 is 2.90 bits per heavy atom. The first kappa shape index (κ1) is 14.1. The van der Waals surface area contributed by atoms with Crippen LogP contribution in [0.15, 0.2) is 33.6 Å². The van der Waals surface area contributed by atoms with E-state index in [4.69, 9.17) is 4.74 Å². The van der Waals surface area contributed by atoms with Gasteiger partial charge in [-0.25, -0.2) is 0 Å². The molecule has 1 aromatic carbocycles. The van der Waals surface area contributed by atoms with Gasteiger partial charge in [-0.3, -0.25) is 4.79 Å². The number of piperidine rings is 1. The van der Waals surface area contributed by atoms with Crippen molar-refractivity contribution in [2.24, 2.45) is 10.3 Å². The molecule has 1 saturated heterocycles. The van der Waals surface area contributed by atoms with Gasteiger partial charge < -0.3 is 9.64 Å². The number of esters is 1. The number of carbonyl (C=O) groups excluding carboxylic acids is 1. The second-order valence-corrected chi connectivity index (χ2v) is 6.77. The Morgan fingerprint density at radius 1 is 1.38 bits per heavy atom. The van der Waals surface area contributed by atoms with Crippen molar-refractivity contribution in [3.63, 3.8) is 0 Å². The zero-order chi connectivity index (χ0) is 15.0. The number of nitrogens with zero attached hydrogens (tertiary/aromatic N) is 2. The number of methoxy groups -OCH3 is 1. The van der Waals surface area contributed by atoms with Crippen molar-refractivity contribution >= 4 is 21.8 Å². The number of carbonyl (C=O) groups is 1. The van der Waals surface area contributed by atoms with E-state index in [-0.39, 0.29) is 16.8 Å². The van der Waals surface area contributed by atoms with Crippen LogP contribution in [0.2, 0.25) is 0 Å². The van der Waals surface area contributed by atoms with Crippen LogP contribution in [0.25, 0.3) is 0 Å². The SMILES string of the molecule is COC(=O)[C@H]1CCCN(C2=NS(=O)(=O)c3ccccc32)C1. The molecule has 0 spiro atoms. The van der Waals surface area contributed by atoms with Crippen LogP contribution in [0.1, 0.15) is 18.4 Å². The highest BCUT2D eigenvalue weighted by Gasteiger charge is 2.35. The fourth-order valence-corrected chi connectivity index (χ4v) is 4.07. The number of amidine groups is 1. The number of hydrogen-bond donors (Lipinski definition) is 0. The molecule has 0 aliphatic carbocycles. The fourth-order valence-electron chi connectivity index (χ4n) is 2.85. The molecule has 0 N–H and O–H groups in total. The van der Waals surface area contributed by atoms with Gasteiger partial charge in [-0.2, -0.15) is 8.42 Å². The van der Waals surface area contributed by atoms with E-state index in [9.17, 15) is 13.2 Å². The summed E-state index contributed by atoms with van der Waals surface area (Å²) in [5.41, 5.74) is 0.614. The summed E-state index contributed by atoms with van der Waals surface area (Å²) in [6.07, 6.45) is 1.56. The Morgan fingerprint density at radius 2 is 2.14 bits per heavy atom. The molecule has 1 atom stereocenters. The van der Waals surface area contributed by atoms with Crippen molar-refractivity contribution in [1.29, 1.82) is 0 Å². The van der Waals surface area contributed by atoms with E-state index < -0.39 is 10.0 Å². The summed E-state index contributed by atoms with van der Waals surface area (Å²) in [5.74, 6) is -0.0458. The molecule has 0 unspecified atom stereocenters. The van der Waals surface area contributed by atoms with E-state index in [2.05, 4.69) is 4.40 Å². The van der Waals surface area contributed by atoms with Crippen LogP contribution in [-0.2, 0) is 19.6 Å². The lowest BCUT2D eigenvalue weighted by atomic mass is 9.97. The highest BCUT2D eigenvalue weighted by molar-refractivity contribution is 7.90. The third-order valence-corrected chi connectivity index (χ3v) is 5.19. The van der Waals surface area contributed by atoms with Gasteiger partial charge in [0.05, 0.1) is 13.0 Å². The Bertz CT molecular complexity index is 711. The van der Waals surface area contributed by atoms with E-state index in [1.165, 1.54) is 7.11 Å². The van der Waals surface area contributed by atoms with Crippen molar-refractivity contribution in [3.05, 3.63) is 29.8 Å². The smallest absolute Gasteiger partial charge is 0.310 e. The standard InChI is InChI=1S/C14H16N2O4S/c1-20-14(17)10-5-4-8-16(9-10)13-11-6-2-3-7-12(11)21(18,19)15-13/h2-3,6-7,10H,4-5,8-9H2,1H3/t10-/m0/s1. The van der Waals surface area contributed by atoms with Crippen LogP contribution in [0.4, 0.5) is 0 Å². The molecule has 2 heterocycles. The number of sulfonamides is 1. The van der Waals surface area contributed by atoms with Crippen molar-refractivity contribution in [3.8, 4) is 0 Å². The molecule has 1 fully saturated rings. The van der Waals surface area contributed by atoms with Gasteiger partial charge >= 0.3 is 5.97 Å². The Kier molecular flexibility index (Phi) is 3.44. The molecule has 2 aliphatic heterocycles. The maximum Gasteiger partial charge on any atom is 0.310 e. The maximum atomic E-state index is 12.1. The molecule has 0 amide bonds. The number of fused-ring (bicyclic) bond motifs is 1. The molecule has 112 valence electrons. The quantitative estimate of drug-likeness (QED) is 0.724. The largest absolute Gasteiger partial charge is 0.469 e. The molecule has 3 rings (SSSR count). The highest BCUT2D eigenvalue weighted by atomic mass is 32.2. The molecular formula is C14H16N2O4S. The number of hydrogen-bond acceptors (Lipinski definition) is 5. The van der Waals surface area contributed by atoms with Crippen LogP contribution in [-0.4, -0.2) is 45.3 Å². The number of likely N-dealkylation sites (tertiary alicyclic amines) is 1. The van der Waals surface area contributed by atoms with Crippen molar-refractivity contribution in [1.82, 2.24) is 4.90 Å².